The zero-order valence-electron chi connectivity index (χ0n) is 8.14. The van der Waals surface area contributed by atoms with Crippen LogP contribution in [0, 0.1) is 0 Å². The van der Waals surface area contributed by atoms with Gasteiger partial charge in [-0.15, -0.1) is 0 Å². The highest BCUT2D eigenvalue weighted by molar-refractivity contribution is 5.93. The molecule has 2 heteroatoms. The van der Waals surface area contributed by atoms with Gasteiger partial charge in [-0.1, -0.05) is 48.5 Å². The lowest BCUT2D eigenvalue weighted by molar-refractivity contribution is 1.12. The van der Waals surface area contributed by atoms with E-state index in [4.69, 9.17) is 0 Å². The van der Waals surface area contributed by atoms with E-state index in [0.29, 0.717) is 0 Å². The third-order valence-corrected chi connectivity index (χ3v) is 2.56. The first kappa shape index (κ1) is 8.24. The van der Waals surface area contributed by atoms with Gasteiger partial charge in [-0.3, -0.25) is 5.10 Å². The SMILES string of the molecule is c1ccc(-c2cccc3cn[nH]c23)cc1. The maximum Gasteiger partial charge on any atom is 0.0728 e. The van der Waals surface area contributed by atoms with Crippen LogP contribution in [-0.4, -0.2) is 10.2 Å². The van der Waals surface area contributed by atoms with E-state index in [1.54, 1.807) is 0 Å². The maximum atomic E-state index is 4.06. The lowest BCUT2D eigenvalue weighted by atomic mass is 10.0. The molecule has 72 valence electrons. The number of para-hydroxylation sites is 1. The summed E-state index contributed by atoms with van der Waals surface area (Å²) in [6.07, 6.45) is 1.85. The molecule has 1 aromatic heterocycles. The molecular weight excluding hydrogens is 184 g/mol. The summed E-state index contributed by atoms with van der Waals surface area (Å²) in [6, 6.07) is 16.6. The predicted octanol–water partition coefficient (Wildman–Crippen LogP) is 3.23. The van der Waals surface area contributed by atoms with Crippen LogP contribution < -0.4 is 0 Å². The minimum absolute atomic E-state index is 1.10. The fourth-order valence-corrected chi connectivity index (χ4v) is 1.83. The smallest absolute Gasteiger partial charge is 0.0728 e. The lowest BCUT2D eigenvalue weighted by Gasteiger charge is -2.01. The van der Waals surface area contributed by atoms with Crippen LogP contribution in [0.1, 0.15) is 0 Å². The Hall–Kier alpha value is -2.09. The summed E-state index contributed by atoms with van der Waals surface area (Å²) in [6.45, 7) is 0. The zero-order chi connectivity index (χ0) is 10.1. The normalized spacial score (nSPS) is 10.7. The van der Waals surface area contributed by atoms with Crippen molar-refractivity contribution < 1.29 is 0 Å². The topological polar surface area (TPSA) is 28.7 Å². The van der Waals surface area contributed by atoms with Crippen LogP contribution in [0.4, 0.5) is 0 Å². The zero-order valence-corrected chi connectivity index (χ0v) is 8.14. The van der Waals surface area contributed by atoms with Crippen LogP contribution in [0.3, 0.4) is 0 Å². The number of nitrogens with one attached hydrogen (secondary N) is 1. The minimum Gasteiger partial charge on any atom is -0.277 e. The molecule has 0 unspecified atom stereocenters. The monoisotopic (exact) mass is 194 g/mol. The van der Waals surface area contributed by atoms with Crippen molar-refractivity contribution in [3.8, 4) is 11.1 Å². The Morgan fingerprint density at radius 3 is 2.60 bits per heavy atom. The van der Waals surface area contributed by atoms with Gasteiger partial charge in [0.25, 0.3) is 0 Å². The van der Waals surface area contributed by atoms with E-state index < -0.39 is 0 Å². The summed E-state index contributed by atoms with van der Waals surface area (Å²) in [7, 11) is 0. The van der Waals surface area contributed by atoms with Crippen molar-refractivity contribution in [2.24, 2.45) is 0 Å². The summed E-state index contributed by atoms with van der Waals surface area (Å²) >= 11 is 0. The van der Waals surface area contributed by atoms with Crippen molar-refractivity contribution in [1.29, 1.82) is 0 Å². The van der Waals surface area contributed by atoms with Crippen LogP contribution in [0.2, 0.25) is 0 Å². The standard InChI is InChI=1S/C13H10N2/c1-2-5-10(6-3-1)12-8-4-7-11-9-14-15-13(11)12/h1-9H,(H,14,15). The molecule has 0 fully saturated rings. The lowest BCUT2D eigenvalue weighted by Crippen LogP contribution is -1.79. The first-order valence-electron chi connectivity index (χ1n) is 4.93. The molecule has 3 aromatic rings. The van der Waals surface area contributed by atoms with Crippen LogP contribution in [0.15, 0.2) is 54.7 Å². The second-order valence-electron chi connectivity index (χ2n) is 3.51. The van der Waals surface area contributed by atoms with Gasteiger partial charge in [-0.25, -0.2) is 0 Å². The second kappa shape index (κ2) is 3.24. The van der Waals surface area contributed by atoms with Gasteiger partial charge in [0.1, 0.15) is 0 Å². The van der Waals surface area contributed by atoms with Crippen LogP contribution in [0.25, 0.3) is 22.0 Å². The van der Waals surface area contributed by atoms with E-state index in [-0.39, 0.29) is 0 Å². The predicted molar refractivity (Wildman–Crippen MR) is 61.5 cm³/mol. The van der Waals surface area contributed by atoms with E-state index >= 15 is 0 Å². The summed E-state index contributed by atoms with van der Waals surface area (Å²) in [5, 5.41) is 8.25. The largest absolute Gasteiger partial charge is 0.277 e. The summed E-state index contributed by atoms with van der Waals surface area (Å²) in [5.41, 5.74) is 3.52. The Labute approximate surface area is 87.6 Å². The average Bonchev–Trinajstić information content (AvgIpc) is 2.78. The molecule has 2 aromatic carbocycles. The summed E-state index contributed by atoms with van der Waals surface area (Å²) < 4.78 is 0. The first-order valence-corrected chi connectivity index (χ1v) is 4.93. The van der Waals surface area contributed by atoms with E-state index in [1.165, 1.54) is 11.1 Å². The highest BCUT2D eigenvalue weighted by atomic mass is 15.1. The van der Waals surface area contributed by atoms with Crippen molar-refractivity contribution in [2.45, 2.75) is 0 Å². The molecule has 0 aliphatic carbocycles. The quantitative estimate of drug-likeness (QED) is 0.633. The van der Waals surface area contributed by atoms with Crippen molar-refractivity contribution in [3.63, 3.8) is 0 Å². The number of H-pyrrole nitrogens is 1. The van der Waals surface area contributed by atoms with Crippen molar-refractivity contribution in [3.05, 3.63) is 54.7 Å². The molecule has 1 heterocycles. The molecule has 0 atom stereocenters. The molecule has 0 spiro atoms. The first-order chi connectivity index (χ1) is 7.45. The molecule has 15 heavy (non-hydrogen) atoms. The highest BCUT2D eigenvalue weighted by Crippen LogP contribution is 2.26. The average molecular weight is 194 g/mol. The van der Waals surface area contributed by atoms with E-state index in [1.807, 2.05) is 24.4 Å². The van der Waals surface area contributed by atoms with Gasteiger partial charge in [0, 0.05) is 10.9 Å². The third-order valence-electron chi connectivity index (χ3n) is 2.56. The Morgan fingerprint density at radius 2 is 1.73 bits per heavy atom. The molecule has 0 bridgehead atoms. The summed E-state index contributed by atoms with van der Waals surface area (Å²) in [4.78, 5) is 0. The highest BCUT2D eigenvalue weighted by Gasteiger charge is 2.03. The number of aromatic nitrogens is 2. The van der Waals surface area contributed by atoms with Crippen LogP contribution in [0.5, 0.6) is 0 Å². The molecule has 0 aliphatic heterocycles. The van der Waals surface area contributed by atoms with Gasteiger partial charge in [-0.05, 0) is 5.56 Å². The molecule has 0 amide bonds. The van der Waals surface area contributed by atoms with E-state index in [0.717, 1.165) is 10.9 Å². The fraction of sp³-hybridized carbons (Fsp3) is 0. The van der Waals surface area contributed by atoms with Crippen molar-refractivity contribution >= 4 is 10.9 Å². The number of benzene rings is 2. The number of nitrogens with zero attached hydrogens (tertiary/aromatic N) is 1. The molecule has 1 N–H and O–H groups in total. The van der Waals surface area contributed by atoms with Gasteiger partial charge in [0.2, 0.25) is 0 Å². The molecule has 2 nitrogen and oxygen atoms in total. The van der Waals surface area contributed by atoms with Crippen LogP contribution >= 0.6 is 0 Å². The third kappa shape index (κ3) is 1.31. The van der Waals surface area contributed by atoms with Gasteiger partial charge < -0.3 is 0 Å². The number of fused-ring (bicyclic) bond motifs is 1. The Bertz CT molecular complexity index is 582. The molecule has 0 radical (unpaired) electrons. The Morgan fingerprint density at radius 1 is 0.867 bits per heavy atom. The molecular formula is C13H10N2. The van der Waals surface area contributed by atoms with Gasteiger partial charge in [0.15, 0.2) is 0 Å². The molecule has 0 saturated heterocycles. The van der Waals surface area contributed by atoms with Crippen molar-refractivity contribution in [1.82, 2.24) is 10.2 Å². The maximum absolute atomic E-state index is 4.06. The summed E-state index contributed by atoms with van der Waals surface area (Å²) in [5.74, 6) is 0. The van der Waals surface area contributed by atoms with E-state index in [9.17, 15) is 0 Å². The number of aromatic amines is 1. The Balaban J connectivity index is 2.31. The van der Waals surface area contributed by atoms with Gasteiger partial charge >= 0.3 is 0 Å². The van der Waals surface area contributed by atoms with Gasteiger partial charge in [0.05, 0.1) is 11.7 Å². The molecule has 0 aliphatic rings. The minimum atomic E-state index is 1.10. The number of hydrogen-bond donors (Lipinski definition) is 1. The molecule has 3 rings (SSSR count). The van der Waals surface area contributed by atoms with Crippen molar-refractivity contribution in [2.75, 3.05) is 0 Å². The number of hydrogen-bond acceptors (Lipinski definition) is 1. The second-order valence-corrected chi connectivity index (χ2v) is 3.51. The van der Waals surface area contributed by atoms with E-state index in [2.05, 4.69) is 40.5 Å². The van der Waals surface area contributed by atoms with Gasteiger partial charge in [-0.2, -0.15) is 5.10 Å². The fourth-order valence-electron chi connectivity index (χ4n) is 1.83. The molecule has 0 saturated carbocycles. The van der Waals surface area contributed by atoms with Crippen LogP contribution in [-0.2, 0) is 0 Å². The number of rotatable bonds is 1. The Kier molecular flexibility index (Phi) is 1.78.